The average Bonchev–Trinajstić information content (AvgIpc) is 2.93. The summed E-state index contributed by atoms with van der Waals surface area (Å²) in [6.07, 6.45) is 0. The molecule has 152 valence electrons. The second kappa shape index (κ2) is 8.80. The van der Waals surface area contributed by atoms with E-state index < -0.39 is 11.8 Å². The molecule has 1 atom stereocenters. The fourth-order valence-corrected chi connectivity index (χ4v) is 3.85. The molecule has 0 aliphatic rings. The molecule has 1 aromatic heterocycles. The van der Waals surface area contributed by atoms with E-state index in [9.17, 15) is 14.3 Å². The van der Waals surface area contributed by atoms with E-state index in [2.05, 4.69) is 5.32 Å². The van der Waals surface area contributed by atoms with Gasteiger partial charge >= 0.3 is 0 Å². The number of hydrogen-bond donors (Lipinski definition) is 1. The second-order valence-corrected chi connectivity index (χ2v) is 7.52. The summed E-state index contributed by atoms with van der Waals surface area (Å²) in [6, 6.07) is 14.5. The summed E-state index contributed by atoms with van der Waals surface area (Å²) in [5.74, 6) is -1.66. The van der Waals surface area contributed by atoms with Crippen LogP contribution in [0.25, 0.3) is 0 Å². The molecular weight excluding hydrogens is 391 g/mol. The van der Waals surface area contributed by atoms with E-state index in [-0.39, 0.29) is 18.2 Å². The Kier molecular flexibility index (Phi) is 6.40. The van der Waals surface area contributed by atoms with Gasteiger partial charge < -0.3 is 19.8 Å². The van der Waals surface area contributed by atoms with Crippen molar-refractivity contribution in [3.8, 4) is 0 Å². The number of hydrogen-bond acceptors (Lipinski definition) is 3. The van der Waals surface area contributed by atoms with Crippen molar-refractivity contribution in [2.75, 3.05) is 0 Å². The number of halogens is 2. The van der Waals surface area contributed by atoms with Crippen LogP contribution in [-0.2, 0) is 13.1 Å². The molecule has 3 aromatic rings. The van der Waals surface area contributed by atoms with Gasteiger partial charge in [-0.1, -0.05) is 48.0 Å². The summed E-state index contributed by atoms with van der Waals surface area (Å²) in [7, 11) is 0. The van der Waals surface area contributed by atoms with Crippen molar-refractivity contribution < 1.29 is 14.3 Å². The van der Waals surface area contributed by atoms with Gasteiger partial charge in [-0.3, -0.25) is 0 Å². The van der Waals surface area contributed by atoms with Gasteiger partial charge in [-0.25, -0.2) is 4.39 Å². The Labute approximate surface area is 174 Å². The molecule has 0 radical (unpaired) electrons. The molecule has 1 heterocycles. The molecule has 0 spiro atoms. The van der Waals surface area contributed by atoms with E-state index in [1.165, 1.54) is 6.07 Å². The SMILES string of the molecule is Cc1c(CNC(C)c2ccccc2)c(C(=O)[O-])c(C)n1Cc1c(F)cccc1Cl. The van der Waals surface area contributed by atoms with E-state index in [0.29, 0.717) is 28.4 Å². The van der Waals surface area contributed by atoms with E-state index in [1.54, 1.807) is 23.6 Å². The highest BCUT2D eigenvalue weighted by Crippen LogP contribution is 2.27. The summed E-state index contributed by atoms with van der Waals surface area (Å²) in [4.78, 5) is 11.9. The third-order valence-corrected chi connectivity index (χ3v) is 5.73. The smallest absolute Gasteiger partial charge is 0.129 e. The molecule has 4 nitrogen and oxygen atoms in total. The van der Waals surface area contributed by atoms with Gasteiger partial charge in [0.15, 0.2) is 0 Å². The molecule has 2 aromatic carbocycles. The van der Waals surface area contributed by atoms with Gasteiger partial charge in [-0.05, 0) is 44.0 Å². The molecule has 0 aliphatic carbocycles. The zero-order valence-electron chi connectivity index (χ0n) is 16.6. The van der Waals surface area contributed by atoms with Crippen LogP contribution >= 0.6 is 11.6 Å². The monoisotopic (exact) mass is 413 g/mol. The highest BCUT2D eigenvalue weighted by molar-refractivity contribution is 6.31. The van der Waals surface area contributed by atoms with Crippen molar-refractivity contribution in [1.82, 2.24) is 9.88 Å². The van der Waals surface area contributed by atoms with Gasteiger partial charge in [-0.15, -0.1) is 0 Å². The summed E-state index contributed by atoms with van der Waals surface area (Å²) >= 11 is 6.17. The lowest BCUT2D eigenvalue weighted by molar-refractivity contribution is -0.255. The van der Waals surface area contributed by atoms with Crippen molar-refractivity contribution in [1.29, 1.82) is 0 Å². The topological polar surface area (TPSA) is 57.1 Å². The third-order valence-electron chi connectivity index (χ3n) is 5.38. The number of aromatic nitrogens is 1. The fraction of sp³-hybridized carbons (Fsp3) is 0.261. The number of nitrogens with one attached hydrogen (secondary N) is 1. The predicted molar refractivity (Wildman–Crippen MR) is 110 cm³/mol. The average molecular weight is 414 g/mol. The molecule has 6 heteroatoms. The van der Waals surface area contributed by atoms with E-state index in [4.69, 9.17) is 11.6 Å². The lowest BCUT2D eigenvalue weighted by Gasteiger charge is -2.16. The van der Waals surface area contributed by atoms with Crippen molar-refractivity contribution >= 4 is 17.6 Å². The number of aromatic carboxylic acids is 1. The van der Waals surface area contributed by atoms with Crippen LogP contribution in [0.5, 0.6) is 0 Å². The van der Waals surface area contributed by atoms with Crippen LogP contribution in [0.2, 0.25) is 5.02 Å². The molecule has 0 amide bonds. The van der Waals surface area contributed by atoms with Crippen LogP contribution in [0.4, 0.5) is 4.39 Å². The van der Waals surface area contributed by atoms with Crippen molar-refractivity contribution in [2.45, 2.75) is 39.9 Å². The van der Waals surface area contributed by atoms with Gasteiger partial charge in [-0.2, -0.15) is 0 Å². The first-order valence-electron chi connectivity index (χ1n) is 9.42. The Balaban J connectivity index is 1.93. The molecular formula is C23H23ClFN2O2-. The number of carboxylic acid groups (broad SMARTS) is 1. The first-order valence-corrected chi connectivity index (χ1v) is 9.80. The number of benzene rings is 2. The van der Waals surface area contributed by atoms with Crippen LogP contribution in [0.15, 0.2) is 48.5 Å². The fourth-order valence-electron chi connectivity index (χ4n) is 3.63. The molecule has 0 bridgehead atoms. The maximum atomic E-state index is 14.3. The van der Waals surface area contributed by atoms with Gasteiger partial charge in [0.25, 0.3) is 0 Å². The normalized spacial score (nSPS) is 12.2. The van der Waals surface area contributed by atoms with Crippen LogP contribution in [0.3, 0.4) is 0 Å². The molecule has 1 unspecified atom stereocenters. The van der Waals surface area contributed by atoms with Gasteiger partial charge in [0.05, 0.1) is 12.5 Å². The minimum Gasteiger partial charge on any atom is -0.545 e. The predicted octanol–water partition coefficient (Wildman–Crippen LogP) is 4.16. The number of carbonyl (C=O) groups excluding carboxylic acids is 1. The molecule has 0 saturated carbocycles. The molecule has 29 heavy (non-hydrogen) atoms. The van der Waals surface area contributed by atoms with Crippen molar-refractivity contribution in [3.63, 3.8) is 0 Å². The third kappa shape index (κ3) is 4.36. The molecule has 1 N–H and O–H groups in total. The van der Waals surface area contributed by atoms with Gasteiger partial charge in [0, 0.05) is 40.1 Å². The number of carbonyl (C=O) groups is 1. The van der Waals surface area contributed by atoms with Crippen LogP contribution in [0, 0.1) is 19.7 Å². The van der Waals surface area contributed by atoms with Crippen molar-refractivity contribution in [2.24, 2.45) is 0 Å². The van der Waals surface area contributed by atoms with Crippen LogP contribution in [-0.4, -0.2) is 10.5 Å². The Morgan fingerprint density at radius 1 is 1.10 bits per heavy atom. The van der Waals surface area contributed by atoms with Gasteiger partial charge in [0.1, 0.15) is 5.82 Å². The molecule has 0 fully saturated rings. The number of carboxylic acids is 1. The zero-order chi connectivity index (χ0) is 21.1. The largest absolute Gasteiger partial charge is 0.545 e. The van der Waals surface area contributed by atoms with Crippen LogP contribution < -0.4 is 10.4 Å². The molecule has 0 saturated heterocycles. The van der Waals surface area contributed by atoms with Gasteiger partial charge in [0.2, 0.25) is 0 Å². The second-order valence-electron chi connectivity index (χ2n) is 7.11. The standard InChI is InChI=1S/C23H24ClFN2O2/c1-14(17-8-5-4-6-9-17)26-12-18-15(2)27(16(3)22(18)23(28)29)13-19-20(24)10-7-11-21(19)25/h4-11,14,26H,12-13H2,1-3H3,(H,28,29)/p-1. The van der Waals surface area contributed by atoms with Crippen molar-refractivity contribution in [3.05, 3.63) is 93.0 Å². The lowest BCUT2D eigenvalue weighted by atomic mass is 10.1. The summed E-state index contributed by atoms with van der Waals surface area (Å²) in [5.41, 5.74) is 3.48. The van der Waals surface area contributed by atoms with Crippen LogP contribution in [0.1, 0.15) is 51.4 Å². The summed E-state index contributed by atoms with van der Waals surface area (Å²) < 4.78 is 16.0. The quantitative estimate of drug-likeness (QED) is 0.632. The van der Waals surface area contributed by atoms with E-state index in [0.717, 1.165) is 11.3 Å². The number of rotatable bonds is 7. The Morgan fingerprint density at radius 2 is 1.79 bits per heavy atom. The van der Waals surface area contributed by atoms with E-state index in [1.807, 2.05) is 44.2 Å². The highest BCUT2D eigenvalue weighted by Gasteiger charge is 2.20. The summed E-state index contributed by atoms with van der Waals surface area (Å²) in [6.45, 7) is 6.06. The minimum absolute atomic E-state index is 0.0369. The maximum Gasteiger partial charge on any atom is 0.129 e. The maximum absolute atomic E-state index is 14.3. The Morgan fingerprint density at radius 3 is 2.41 bits per heavy atom. The molecule has 3 rings (SSSR count). The zero-order valence-corrected chi connectivity index (χ0v) is 17.4. The Bertz CT molecular complexity index is 1010. The Hall–Kier alpha value is -2.63. The highest BCUT2D eigenvalue weighted by atomic mass is 35.5. The van der Waals surface area contributed by atoms with E-state index >= 15 is 0 Å². The first-order chi connectivity index (χ1) is 13.8. The lowest BCUT2D eigenvalue weighted by Crippen LogP contribution is -2.26. The number of nitrogens with zero attached hydrogens (tertiary/aromatic N) is 1. The minimum atomic E-state index is -1.24. The molecule has 0 aliphatic heterocycles. The summed E-state index contributed by atoms with van der Waals surface area (Å²) in [5, 5.41) is 15.5. The first kappa shape index (κ1) is 21.1.